The Balaban J connectivity index is 2.11. The minimum Gasteiger partial charge on any atom is -0.303 e. The van der Waals surface area contributed by atoms with Crippen molar-refractivity contribution in [1.82, 2.24) is 19.0 Å². The number of aryl methyl sites for hydroxylation is 1. The number of alkyl halides is 3. The van der Waals surface area contributed by atoms with Crippen LogP contribution < -0.4 is 11.2 Å². The number of fused-ring (bicyclic) bond motifs is 1. The number of likely N-dealkylation sites (tertiary alicyclic amines) is 1. The molecule has 6 nitrogen and oxygen atoms in total. The highest BCUT2D eigenvalue weighted by Crippen LogP contribution is 2.36. The maximum Gasteiger partial charge on any atom is 0.417 e. The maximum absolute atomic E-state index is 13.7. The number of aromatic nitrogens is 3. The van der Waals surface area contributed by atoms with Crippen molar-refractivity contribution in [3.63, 3.8) is 0 Å². The van der Waals surface area contributed by atoms with Gasteiger partial charge in [-0.3, -0.25) is 13.9 Å². The standard InChI is InChI=1S/C19H25F3N4O2/c1-11(2)10-26-7-5-12(6-8-26)14-9-13(19(20,21)22)15-16(23-14)24(3)18(28)25(4)17(15)27/h9,11-12H,5-8,10H2,1-4H3. The summed E-state index contributed by atoms with van der Waals surface area (Å²) in [6.07, 6.45) is -3.32. The summed E-state index contributed by atoms with van der Waals surface area (Å²) in [5, 5.41) is -0.557. The Morgan fingerprint density at radius 1 is 1.14 bits per heavy atom. The van der Waals surface area contributed by atoms with Crippen molar-refractivity contribution in [2.24, 2.45) is 20.0 Å². The Morgan fingerprint density at radius 2 is 1.75 bits per heavy atom. The second kappa shape index (κ2) is 7.35. The topological polar surface area (TPSA) is 60.1 Å². The number of nitrogens with zero attached hydrogens (tertiary/aromatic N) is 4. The van der Waals surface area contributed by atoms with E-state index in [0.717, 1.165) is 30.3 Å². The van der Waals surface area contributed by atoms with Crippen LogP contribution in [0, 0.1) is 5.92 Å². The van der Waals surface area contributed by atoms with Gasteiger partial charge in [-0.2, -0.15) is 13.2 Å². The molecule has 3 rings (SSSR count). The first-order valence-corrected chi connectivity index (χ1v) is 9.41. The van der Waals surface area contributed by atoms with Crippen molar-refractivity contribution in [3.05, 3.63) is 38.2 Å². The molecule has 0 N–H and O–H groups in total. The second-order valence-electron chi connectivity index (χ2n) is 7.97. The largest absolute Gasteiger partial charge is 0.417 e. The second-order valence-corrected chi connectivity index (χ2v) is 7.97. The van der Waals surface area contributed by atoms with Gasteiger partial charge >= 0.3 is 11.9 Å². The number of piperidine rings is 1. The van der Waals surface area contributed by atoms with Gasteiger partial charge in [-0.05, 0) is 37.9 Å². The Bertz CT molecular complexity index is 999. The molecule has 1 fully saturated rings. The molecule has 0 amide bonds. The molecule has 2 aromatic heterocycles. The summed E-state index contributed by atoms with van der Waals surface area (Å²) in [6.45, 7) is 6.80. The van der Waals surface area contributed by atoms with Gasteiger partial charge < -0.3 is 4.90 Å². The Hall–Kier alpha value is -2.16. The maximum atomic E-state index is 13.7. The van der Waals surface area contributed by atoms with Gasteiger partial charge in [0.25, 0.3) is 5.56 Å². The lowest BCUT2D eigenvalue weighted by Crippen LogP contribution is -2.39. The number of rotatable bonds is 3. The van der Waals surface area contributed by atoms with E-state index < -0.39 is 28.4 Å². The average molecular weight is 398 g/mol. The van der Waals surface area contributed by atoms with Gasteiger partial charge in [0.15, 0.2) is 0 Å². The molecule has 28 heavy (non-hydrogen) atoms. The fourth-order valence-electron chi connectivity index (χ4n) is 3.94. The van der Waals surface area contributed by atoms with E-state index in [9.17, 15) is 22.8 Å². The zero-order chi connectivity index (χ0) is 20.8. The van der Waals surface area contributed by atoms with E-state index in [0.29, 0.717) is 29.0 Å². The summed E-state index contributed by atoms with van der Waals surface area (Å²) in [4.78, 5) is 31.3. The van der Waals surface area contributed by atoms with Crippen molar-refractivity contribution < 1.29 is 13.2 Å². The third-order valence-electron chi connectivity index (χ3n) is 5.36. The average Bonchev–Trinajstić information content (AvgIpc) is 2.63. The van der Waals surface area contributed by atoms with Gasteiger partial charge in [-0.1, -0.05) is 13.8 Å². The summed E-state index contributed by atoms with van der Waals surface area (Å²) >= 11 is 0. The highest BCUT2D eigenvalue weighted by atomic mass is 19.4. The van der Waals surface area contributed by atoms with Gasteiger partial charge in [0.05, 0.1) is 10.9 Å². The van der Waals surface area contributed by atoms with Crippen molar-refractivity contribution in [1.29, 1.82) is 0 Å². The molecule has 0 saturated carbocycles. The molecule has 9 heteroatoms. The summed E-state index contributed by atoms with van der Waals surface area (Å²) in [5.74, 6) is 0.394. The molecule has 3 heterocycles. The van der Waals surface area contributed by atoms with E-state index in [-0.39, 0.29) is 11.6 Å². The van der Waals surface area contributed by atoms with E-state index in [1.165, 1.54) is 14.1 Å². The molecule has 0 unspecified atom stereocenters. The third-order valence-corrected chi connectivity index (χ3v) is 5.36. The summed E-state index contributed by atoms with van der Waals surface area (Å²) in [6, 6.07) is 0.997. The lowest BCUT2D eigenvalue weighted by atomic mass is 9.91. The quantitative estimate of drug-likeness (QED) is 0.797. The SMILES string of the molecule is CC(C)CN1CCC(c2cc(C(F)(F)F)c3c(=O)n(C)c(=O)n(C)c3n2)CC1. The fraction of sp³-hybridized carbons (Fsp3) is 0.632. The highest BCUT2D eigenvalue weighted by Gasteiger charge is 2.36. The van der Waals surface area contributed by atoms with Crippen molar-refractivity contribution >= 4 is 11.0 Å². The van der Waals surface area contributed by atoms with Crippen molar-refractivity contribution in [2.45, 2.75) is 38.8 Å². The molecule has 154 valence electrons. The molecule has 0 aliphatic carbocycles. The van der Waals surface area contributed by atoms with E-state index in [1.807, 2.05) is 0 Å². The summed E-state index contributed by atoms with van der Waals surface area (Å²) in [7, 11) is 2.51. The smallest absolute Gasteiger partial charge is 0.303 e. The first-order valence-electron chi connectivity index (χ1n) is 9.41. The van der Waals surface area contributed by atoms with Crippen molar-refractivity contribution in [3.8, 4) is 0 Å². The van der Waals surface area contributed by atoms with E-state index in [1.54, 1.807) is 0 Å². The van der Waals surface area contributed by atoms with Crippen LogP contribution in [0.3, 0.4) is 0 Å². The van der Waals surface area contributed by atoms with Gasteiger partial charge in [0.1, 0.15) is 5.65 Å². The third kappa shape index (κ3) is 3.72. The molecule has 0 bridgehead atoms. The number of halogens is 3. The molecule has 0 atom stereocenters. The summed E-state index contributed by atoms with van der Waals surface area (Å²) in [5.41, 5.74) is -2.60. The van der Waals surface area contributed by atoms with Crippen LogP contribution in [0.1, 0.15) is 43.9 Å². The zero-order valence-corrected chi connectivity index (χ0v) is 16.5. The minimum absolute atomic E-state index is 0.131. The lowest BCUT2D eigenvalue weighted by Gasteiger charge is -2.33. The number of hydrogen-bond acceptors (Lipinski definition) is 4. The normalized spacial score (nSPS) is 17.0. The molecule has 1 aliphatic rings. The van der Waals surface area contributed by atoms with Crippen LogP contribution in [0.4, 0.5) is 13.2 Å². The molecule has 0 radical (unpaired) electrons. The first-order chi connectivity index (χ1) is 13.0. The monoisotopic (exact) mass is 398 g/mol. The van der Waals surface area contributed by atoms with E-state index in [2.05, 4.69) is 23.7 Å². The Kier molecular flexibility index (Phi) is 5.40. The van der Waals surface area contributed by atoms with Gasteiger partial charge in [0.2, 0.25) is 0 Å². The van der Waals surface area contributed by atoms with Crippen molar-refractivity contribution in [2.75, 3.05) is 19.6 Å². The van der Waals surface area contributed by atoms with Gasteiger partial charge in [0, 0.05) is 32.3 Å². The first kappa shape index (κ1) is 20.6. The minimum atomic E-state index is -4.71. The van der Waals surface area contributed by atoms with Crippen LogP contribution in [0.2, 0.25) is 0 Å². The van der Waals surface area contributed by atoms with Crippen LogP contribution in [-0.4, -0.2) is 38.7 Å². The van der Waals surface area contributed by atoms with Gasteiger partial charge in [-0.25, -0.2) is 9.78 Å². The van der Waals surface area contributed by atoms with Crippen LogP contribution in [0.5, 0.6) is 0 Å². The van der Waals surface area contributed by atoms with E-state index in [4.69, 9.17) is 0 Å². The number of pyridine rings is 1. The molecule has 1 aliphatic heterocycles. The molecule has 0 spiro atoms. The summed E-state index contributed by atoms with van der Waals surface area (Å²) < 4.78 is 42.9. The van der Waals surface area contributed by atoms with Crippen LogP contribution in [-0.2, 0) is 20.3 Å². The Labute approximate surface area is 160 Å². The molecule has 1 saturated heterocycles. The fourth-order valence-corrected chi connectivity index (χ4v) is 3.94. The predicted molar refractivity (Wildman–Crippen MR) is 100 cm³/mol. The van der Waals surface area contributed by atoms with Gasteiger partial charge in [-0.15, -0.1) is 0 Å². The molecule has 2 aromatic rings. The highest BCUT2D eigenvalue weighted by molar-refractivity contribution is 5.79. The van der Waals surface area contributed by atoms with Crippen LogP contribution in [0.15, 0.2) is 15.7 Å². The van der Waals surface area contributed by atoms with Crippen LogP contribution in [0.25, 0.3) is 11.0 Å². The molecular formula is C19H25F3N4O2. The molecule has 0 aromatic carbocycles. The van der Waals surface area contributed by atoms with Crippen LogP contribution >= 0.6 is 0 Å². The zero-order valence-electron chi connectivity index (χ0n) is 16.5. The molecular weight excluding hydrogens is 373 g/mol. The van der Waals surface area contributed by atoms with E-state index >= 15 is 0 Å². The number of hydrogen-bond donors (Lipinski definition) is 0. The Morgan fingerprint density at radius 3 is 2.29 bits per heavy atom. The predicted octanol–water partition coefficient (Wildman–Crippen LogP) is 2.49. The lowest BCUT2D eigenvalue weighted by molar-refractivity contribution is -0.136.